The van der Waals surface area contributed by atoms with Crippen LogP contribution in [-0.2, 0) is 0 Å². The third kappa shape index (κ3) is 1.41. The van der Waals surface area contributed by atoms with Gasteiger partial charge in [-0.15, -0.1) is 0 Å². The second kappa shape index (κ2) is 3.68. The number of fused-ring (bicyclic) bond motifs is 2. The van der Waals surface area contributed by atoms with Gasteiger partial charge in [0.15, 0.2) is 6.29 Å². The van der Waals surface area contributed by atoms with E-state index in [1.807, 2.05) is 36.4 Å². The lowest BCUT2D eigenvalue weighted by Crippen LogP contribution is -2.01. The van der Waals surface area contributed by atoms with Crippen molar-refractivity contribution in [3.05, 3.63) is 48.0 Å². The maximum absolute atomic E-state index is 10.9. The van der Waals surface area contributed by atoms with Crippen molar-refractivity contribution in [3.63, 3.8) is 0 Å². The third-order valence-corrected chi connectivity index (χ3v) is 3.78. The largest absolute Gasteiger partial charge is 0.354 e. The van der Waals surface area contributed by atoms with E-state index in [4.69, 9.17) is 0 Å². The van der Waals surface area contributed by atoms with Crippen LogP contribution in [0.25, 0.3) is 0 Å². The highest BCUT2D eigenvalue weighted by atomic mass is 32.2. The fourth-order valence-corrected chi connectivity index (χ4v) is 2.83. The fraction of sp³-hybridized carbons (Fsp3) is 0. The number of hydrogen-bond donors (Lipinski definition) is 1. The molecule has 0 aromatic heterocycles. The molecule has 0 unspecified atom stereocenters. The zero-order chi connectivity index (χ0) is 11.0. The normalized spacial score (nSPS) is 12.2. The molecule has 0 fully saturated rings. The molecule has 0 saturated heterocycles. The molecule has 1 heterocycles. The Balaban J connectivity index is 2.15. The van der Waals surface area contributed by atoms with E-state index in [0.717, 1.165) is 33.0 Å². The average molecular weight is 227 g/mol. The zero-order valence-electron chi connectivity index (χ0n) is 8.44. The van der Waals surface area contributed by atoms with Gasteiger partial charge >= 0.3 is 0 Å². The summed E-state index contributed by atoms with van der Waals surface area (Å²) in [6.45, 7) is 0. The van der Waals surface area contributed by atoms with Gasteiger partial charge in [-0.05, 0) is 18.2 Å². The molecule has 2 aromatic carbocycles. The maximum atomic E-state index is 10.9. The van der Waals surface area contributed by atoms with Crippen molar-refractivity contribution in [1.82, 2.24) is 0 Å². The standard InChI is InChI=1S/C13H9NOS/c15-8-9-4-3-6-11-13(9)16-12-7-2-1-5-10(12)14-11/h1-8,14H. The summed E-state index contributed by atoms with van der Waals surface area (Å²) >= 11 is 1.64. The summed E-state index contributed by atoms with van der Waals surface area (Å²) in [5.41, 5.74) is 2.85. The van der Waals surface area contributed by atoms with Gasteiger partial charge in [0.1, 0.15) is 0 Å². The van der Waals surface area contributed by atoms with Crippen LogP contribution < -0.4 is 5.32 Å². The lowest BCUT2D eigenvalue weighted by atomic mass is 10.2. The first-order valence-corrected chi connectivity index (χ1v) is 5.82. The quantitative estimate of drug-likeness (QED) is 0.642. The number of carbonyl (C=O) groups excluding carboxylic acids is 1. The highest BCUT2D eigenvalue weighted by Gasteiger charge is 2.17. The molecular formula is C13H9NOS. The van der Waals surface area contributed by atoms with Gasteiger partial charge in [-0.1, -0.05) is 36.0 Å². The van der Waals surface area contributed by atoms with Crippen LogP contribution in [0, 0.1) is 0 Å². The van der Waals surface area contributed by atoms with Crippen molar-refractivity contribution in [3.8, 4) is 0 Å². The Morgan fingerprint density at radius 1 is 1.00 bits per heavy atom. The van der Waals surface area contributed by atoms with Crippen LogP contribution in [0.5, 0.6) is 0 Å². The maximum Gasteiger partial charge on any atom is 0.151 e. The summed E-state index contributed by atoms with van der Waals surface area (Å²) < 4.78 is 0. The van der Waals surface area contributed by atoms with Gasteiger partial charge in [-0.2, -0.15) is 0 Å². The Kier molecular flexibility index (Phi) is 2.18. The van der Waals surface area contributed by atoms with Crippen molar-refractivity contribution in [2.45, 2.75) is 9.79 Å². The van der Waals surface area contributed by atoms with Crippen LogP contribution in [0.4, 0.5) is 11.4 Å². The van der Waals surface area contributed by atoms with E-state index >= 15 is 0 Å². The van der Waals surface area contributed by atoms with Crippen LogP contribution in [0.2, 0.25) is 0 Å². The molecule has 3 rings (SSSR count). The van der Waals surface area contributed by atoms with Crippen LogP contribution in [0.1, 0.15) is 10.4 Å². The summed E-state index contributed by atoms with van der Waals surface area (Å²) in [7, 11) is 0. The first kappa shape index (κ1) is 9.48. The van der Waals surface area contributed by atoms with Crippen LogP contribution >= 0.6 is 11.8 Å². The average Bonchev–Trinajstić information content (AvgIpc) is 2.35. The molecule has 16 heavy (non-hydrogen) atoms. The number of benzene rings is 2. The summed E-state index contributed by atoms with van der Waals surface area (Å²) in [6, 6.07) is 13.8. The number of para-hydroxylation sites is 1. The molecule has 0 aliphatic carbocycles. The highest BCUT2D eigenvalue weighted by Crippen LogP contribution is 2.44. The predicted octanol–water partition coefficient (Wildman–Crippen LogP) is 3.71. The SMILES string of the molecule is O=Cc1cccc2c1Sc1ccccc1N2. The van der Waals surface area contributed by atoms with E-state index in [1.165, 1.54) is 0 Å². The molecule has 1 N–H and O–H groups in total. The van der Waals surface area contributed by atoms with Gasteiger partial charge in [-0.3, -0.25) is 4.79 Å². The summed E-state index contributed by atoms with van der Waals surface area (Å²) in [4.78, 5) is 13.1. The van der Waals surface area contributed by atoms with Crippen molar-refractivity contribution >= 4 is 29.4 Å². The molecule has 0 bridgehead atoms. The Hall–Kier alpha value is -1.74. The highest BCUT2D eigenvalue weighted by molar-refractivity contribution is 7.99. The van der Waals surface area contributed by atoms with Crippen molar-refractivity contribution in [2.24, 2.45) is 0 Å². The van der Waals surface area contributed by atoms with Gasteiger partial charge in [0.25, 0.3) is 0 Å². The molecule has 0 spiro atoms. The lowest BCUT2D eigenvalue weighted by Gasteiger charge is -2.21. The molecule has 1 aliphatic heterocycles. The Bertz CT molecular complexity index is 566. The number of aldehydes is 1. The lowest BCUT2D eigenvalue weighted by molar-refractivity contribution is 0.112. The summed E-state index contributed by atoms with van der Waals surface area (Å²) in [5, 5.41) is 3.34. The Labute approximate surface area is 97.7 Å². The molecular weight excluding hydrogens is 218 g/mol. The molecule has 2 aromatic rings. The number of anilines is 2. The molecule has 0 saturated carbocycles. The number of carbonyl (C=O) groups is 1. The fourth-order valence-electron chi connectivity index (χ4n) is 1.77. The van der Waals surface area contributed by atoms with Gasteiger partial charge in [-0.25, -0.2) is 0 Å². The third-order valence-electron chi connectivity index (χ3n) is 2.54. The minimum absolute atomic E-state index is 0.740. The van der Waals surface area contributed by atoms with Gasteiger partial charge in [0, 0.05) is 15.4 Å². The molecule has 78 valence electrons. The van der Waals surface area contributed by atoms with Gasteiger partial charge in [0.2, 0.25) is 0 Å². The molecule has 0 radical (unpaired) electrons. The van der Waals surface area contributed by atoms with E-state index in [1.54, 1.807) is 11.8 Å². The number of rotatable bonds is 1. The van der Waals surface area contributed by atoms with E-state index in [0.29, 0.717) is 0 Å². The molecule has 2 nitrogen and oxygen atoms in total. The van der Waals surface area contributed by atoms with Crippen molar-refractivity contribution in [1.29, 1.82) is 0 Å². The number of hydrogen-bond acceptors (Lipinski definition) is 3. The zero-order valence-corrected chi connectivity index (χ0v) is 9.25. The first-order chi connectivity index (χ1) is 7.88. The second-order valence-corrected chi connectivity index (χ2v) is 4.62. The van der Waals surface area contributed by atoms with Gasteiger partial charge < -0.3 is 5.32 Å². The number of nitrogens with one attached hydrogen (secondary N) is 1. The topological polar surface area (TPSA) is 29.1 Å². The van der Waals surface area contributed by atoms with Crippen LogP contribution in [0.15, 0.2) is 52.3 Å². The van der Waals surface area contributed by atoms with Gasteiger partial charge in [0.05, 0.1) is 11.4 Å². The molecule has 3 heteroatoms. The predicted molar refractivity (Wildman–Crippen MR) is 65.7 cm³/mol. The molecule has 1 aliphatic rings. The van der Waals surface area contributed by atoms with E-state index in [-0.39, 0.29) is 0 Å². The van der Waals surface area contributed by atoms with Crippen LogP contribution in [0.3, 0.4) is 0 Å². The van der Waals surface area contributed by atoms with Crippen LogP contribution in [-0.4, -0.2) is 6.29 Å². The molecule has 0 amide bonds. The minimum atomic E-state index is 0.740. The monoisotopic (exact) mass is 227 g/mol. The van der Waals surface area contributed by atoms with Crippen molar-refractivity contribution in [2.75, 3.05) is 5.32 Å². The van der Waals surface area contributed by atoms with E-state index < -0.39 is 0 Å². The van der Waals surface area contributed by atoms with Crippen molar-refractivity contribution < 1.29 is 4.79 Å². The van der Waals surface area contributed by atoms with E-state index in [9.17, 15) is 4.79 Å². The smallest absolute Gasteiger partial charge is 0.151 e. The summed E-state index contributed by atoms with van der Waals surface area (Å²) in [5.74, 6) is 0. The molecule has 0 atom stereocenters. The summed E-state index contributed by atoms with van der Waals surface area (Å²) in [6.07, 6.45) is 0.904. The Morgan fingerprint density at radius 2 is 1.81 bits per heavy atom. The Morgan fingerprint density at radius 3 is 2.69 bits per heavy atom. The second-order valence-electron chi connectivity index (χ2n) is 3.56. The first-order valence-electron chi connectivity index (χ1n) is 5.00. The minimum Gasteiger partial charge on any atom is -0.354 e. The van der Waals surface area contributed by atoms with E-state index in [2.05, 4.69) is 11.4 Å².